The van der Waals surface area contributed by atoms with Gasteiger partial charge in [-0.3, -0.25) is 4.90 Å². The average molecular weight is 333 g/mol. The van der Waals surface area contributed by atoms with Crippen molar-refractivity contribution in [2.45, 2.75) is 19.4 Å². The Balaban J connectivity index is 0.00000200. The lowest BCUT2D eigenvalue weighted by atomic mass is 10.00. The van der Waals surface area contributed by atoms with Crippen LogP contribution in [0.15, 0.2) is 36.9 Å². The van der Waals surface area contributed by atoms with Gasteiger partial charge in [-0.1, -0.05) is 24.3 Å². The van der Waals surface area contributed by atoms with Crippen molar-refractivity contribution in [3.63, 3.8) is 0 Å². The third kappa shape index (κ3) is 5.51. The second kappa shape index (κ2) is 10.9. The van der Waals surface area contributed by atoms with Crippen LogP contribution < -0.4 is 10.1 Å². The van der Waals surface area contributed by atoms with Gasteiger partial charge in [-0.05, 0) is 19.4 Å². The zero-order chi connectivity index (χ0) is 13.5. The topological polar surface area (TPSA) is 24.5 Å². The number of piperazine rings is 1. The number of ether oxygens (including phenoxy) is 1. The van der Waals surface area contributed by atoms with Crippen LogP contribution in [-0.2, 0) is 0 Å². The Bertz CT molecular complexity index is 409. The van der Waals surface area contributed by atoms with Crippen molar-refractivity contribution in [1.82, 2.24) is 10.2 Å². The molecule has 3 nitrogen and oxygen atoms in total. The lowest BCUT2D eigenvalue weighted by molar-refractivity contribution is 0.170. The van der Waals surface area contributed by atoms with Crippen LogP contribution in [0.2, 0.25) is 0 Å². The molecule has 0 aromatic heterocycles. The van der Waals surface area contributed by atoms with Gasteiger partial charge in [-0.2, -0.15) is 0 Å². The van der Waals surface area contributed by atoms with Gasteiger partial charge in [-0.15, -0.1) is 31.4 Å². The van der Waals surface area contributed by atoms with Crippen LogP contribution in [0.3, 0.4) is 0 Å². The van der Waals surface area contributed by atoms with Crippen LogP contribution in [-0.4, -0.2) is 37.7 Å². The van der Waals surface area contributed by atoms with Gasteiger partial charge in [0.25, 0.3) is 0 Å². The van der Waals surface area contributed by atoms with E-state index < -0.39 is 0 Å². The largest absolute Gasteiger partial charge is 0.494 e. The summed E-state index contributed by atoms with van der Waals surface area (Å²) in [7, 11) is 0. The van der Waals surface area contributed by atoms with Gasteiger partial charge in [0.05, 0.1) is 6.61 Å². The van der Waals surface area contributed by atoms with E-state index >= 15 is 0 Å². The quantitative estimate of drug-likeness (QED) is 0.807. The molecule has 0 amide bonds. The van der Waals surface area contributed by atoms with E-state index in [1.54, 1.807) is 0 Å². The van der Waals surface area contributed by atoms with E-state index in [9.17, 15) is 0 Å². The van der Waals surface area contributed by atoms with Crippen molar-refractivity contribution in [2.75, 3.05) is 32.8 Å². The van der Waals surface area contributed by atoms with Gasteiger partial charge in [0.1, 0.15) is 5.75 Å². The van der Waals surface area contributed by atoms with Crippen LogP contribution in [0.5, 0.6) is 5.75 Å². The van der Waals surface area contributed by atoms with Gasteiger partial charge in [-0.25, -0.2) is 0 Å². The van der Waals surface area contributed by atoms with Gasteiger partial charge < -0.3 is 10.1 Å². The molecule has 1 saturated heterocycles. The Morgan fingerprint density at radius 1 is 1.29 bits per heavy atom. The summed E-state index contributed by atoms with van der Waals surface area (Å²) >= 11 is 0. The summed E-state index contributed by atoms with van der Waals surface area (Å²) in [6, 6.07) is 8.76. The van der Waals surface area contributed by atoms with E-state index in [0.717, 1.165) is 38.3 Å². The van der Waals surface area contributed by atoms with Gasteiger partial charge in [0, 0.05) is 37.8 Å². The molecule has 1 N–H and O–H groups in total. The summed E-state index contributed by atoms with van der Waals surface area (Å²) < 4.78 is 5.78. The molecule has 21 heavy (non-hydrogen) atoms. The SMILES string of the molecule is C=CC[C@@H](c1ccccc1OCC)N1CCNCC1.Cl.Cl. The lowest BCUT2D eigenvalue weighted by Crippen LogP contribution is -2.45. The Morgan fingerprint density at radius 2 is 1.95 bits per heavy atom. The normalized spacial score (nSPS) is 16.2. The summed E-state index contributed by atoms with van der Waals surface area (Å²) in [5.41, 5.74) is 1.28. The molecular weight excluding hydrogens is 307 g/mol. The Labute approximate surface area is 140 Å². The van der Waals surface area contributed by atoms with E-state index in [0.29, 0.717) is 12.6 Å². The van der Waals surface area contributed by atoms with Crippen LogP contribution in [0.4, 0.5) is 0 Å². The predicted octanol–water partition coefficient (Wildman–Crippen LogP) is 3.45. The highest BCUT2D eigenvalue weighted by Crippen LogP contribution is 2.32. The maximum atomic E-state index is 5.78. The van der Waals surface area contributed by atoms with Gasteiger partial charge in [0.2, 0.25) is 0 Å². The van der Waals surface area contributed by atoms with Crippen molar-refractivity contribution >= 4 is 24.8 Å². The highest BCUT2D eigenvalue weighted by Gasteiger charge is 2.23. The molecule has 1 fully saturated rings. The predicted molar refractivity (Wildman–Crippen MR) is 94.1 cm³/mol. The molecule has 120 valence electrons. The second-order valence-corrected chi connectivity index (χ2v) is 4.80. The highest BCUT2D eigenvalue weighted by molar-refractivity contribution is 5.85. The third-order valence-electron chi connectivity index (χ3n) is 3.56. The Hall–Kier alpha value is -0.740. The number of nitrogens with one attached hydrogen (secondary N) is 1. The first kappa shape index (κ1) is 20.3. The minimum atomic E-state index is 0. The zero-order valence-electron chi connectivity index (χ0n) is 12.6. The molecule has 2 rings (SSSR count). The summed E-state index contributed by atoms with van der Waals surface area (Å²) in [5, 5.41) is 3.40. The molecule has 0 unspecified atom stereocenters. The fourth-order valence-corrected chi connectivity index (χ4v) is 2.67. The highest BCUT2D eigenvalue weighted by atomic mass is 35.5. The number of hydrogen-bond donors (Lipinski definition) is 1. The van der Waals surface area contributed by atoms with Crippen LogP contribution in [0.25, 0.3) is 0 Å². The first-order valence-corrected chi connectivity index (χ1v) is 7.14. The van der Waals surface area contributed by atoms with Crippen LogP contribution >= 0.6 is 24.8 Å². The maximum Gasteiger partial charge on any atom is 0.124 e. The minimum absolute atomic E-state index is 0. The minimum Gasteiger partial charge on any atom is -0.494 e. The fraction of sp³-hybridized carbons (Fsp3) is 0.500. The van der Waals surface area contributed by atoms with E-state index in [1.165, 1.54) is 5.56 Å². The molecule has 0 aliphatic carbocycles. The summed E-state index contributed by atoms with van der Waals surface area (Å²) in [6.45, 7) is 10.9. The molecule has 0 radical (unpaired) electrons. The van der Waals surface area contributed by atoms with Gasteiger partial charge >= 0.3 is 0 Å². The monoisotopic (exact) mass is 332 g/mol. The van der Waals surface area contributed by atoms with Crippen molar-refractivity contribution in [1.29, 1.82) is 0 Å². The van der Waals surface area contributed by atoms with E-state index in [-0.39, 0.29) is 24.8 Å². The van der Waals surface area contributed by atoms with Crippen molar-refractivity contribution in [3.8, 4) is 5.75 Å². The van der Waals surface area contributed by atoms with Crippen molar-refractivity contribution < 1.29 is 4.74 Å². The molecule has 1 aromatic carbocycles. The first-order valence-electron chi connectivity index (χ1n) is 7.14. The lowest BCUT2D eigenvalue weighted by Gasteiger charge is -2.35. The molecular formula is C16H26Cl2N2O. The second-order valence-electron chi connectivity index (χ2n) is 4.80. The number of nitrogens with zero attached hydrogens (tertiary/aromatic N) is 1. The molecule has 1 aliphatic heterocycles. The third-order valence-corrected chi connectivity index (χ3v) is 3.56. The van der Waals surface area contributed by atoms with Gasteiger partial charge in [0.15, 0.2) is 0 Å². The van der Waals surface area contributed by atoms with Crippen molar-refractivity contribution in [2.24, 2.45) is 0 Å². The summed E-state index contributed by atoms with van der Waals surface area (Å²) in [4.78, 5) is 2.52. The standard InChI is InChI=1S/C16H24N2O.2ClH/c1-3-7-15(18-12-10-17-11-13-18)14-8-5-6-9-16(14)19-4-2;;/h3,5-6,8-9,15,17H,1,4,7,10-13H2,2H3;2*1H/t15-;;/m0../s1. The molecule has 1 atom stereocenters. The van der Waals surface area contributed by atoms with E-state index in [4.69, 9.17) is 4.74 Å². The number of hydrogen-bond acceptors (Lipinski definition) is 3. The van der Waals surface area contributed by atoms with Crippen molar-refractivity contribution in [3.05, 3.63) is 42.5 Å². The average Bonchev–Trinajstić information content (AvgIpc) is 2.47. The van der Waals surface area contributed by atoms with E-state index in [2.05, 4.69) is 35.0 Å². The molecule has 5 heteroatoms. The zero-order valence-corrected chi connectivity index (χ0v) is 14.2. The number of para-hydroxylation sites is 1. The van der Waals surface area contributed by atoms with E-state index in [1.807, 2.05) is 19.1 Å². The first-order chi connectivity index (χ1) is 9.36. The number of benzene rings is 1. The summed E-state index contributed by atoms with van der Waals surface area (Å²) in [5.74, 6) is 1.01. The number of halogens is 2. The molecule has 0 saturated carbocycles. The molecule has 1 aromatic rings. The number of rotatable bonds is 6. The molecule has 0 spiro atoms. The van der Waals surface area contributed by atoms with Crippen LogP contribution in [0, 0.1) is 0 Å². The molecule has 0 bridgehead atoms. The smallest absolute Gasteiger partial charge is 0.124 e. The maximum absolute atomic E-state index is 5.78. The Morgan fingerprint density at radius 3 is 2.57 bits per heavy atom. The molecule has 1 heterocycles. The Kier molecular flexibility index (Phi) is 10.5. The van der Waals surface area contributed by atoms with Crippen LogP contribution in [0.1, 0.15) is 24.9 Å². The fourth-order valence-electron chi connectivity index (χ4n) is 2.67. The molecule has 1 aliphatic rings. The summed E-state index contributed by atoms with van der Waals surface area (Å²) in [6.07, 6.45) is 2.97.